The Labute approximate surface area is 79.1 Å². The molecule has 3 heteroatoms. The first kappa shape index (κ1) is 10.9. The lowest BCUT2D eigenvalue weighted by Crippen LogP contribution is -2.48. The lowest BCUT2D eigenvalue weighted by Gasteiger charge is -2.37. The summed E-state index contributed by atoms with van der Waals surface area (Å²) in [6.45, 7) is 7.35. The standard InChI is InChI=1S/C10H19F2N/c1-8(2)6-13-5-4-9(3)10(11,12)7-13/h8-9H,4-7H2,1-3H3/t9-/m1/s1. The summed E-state index contributed by atoms with van der Waals surface area (Å²) in [5.41, 5.74) is 0. The maximum Gasteiger partial charge on any atom is 0.263 e. The fourth-order valence-corrected chi connectivity index (χ4v) is 1.79. The fourth-order valence-electron chi connectivity index (χ4n) is 1.79. The van der Waals surface area contributed by atoms with Crippen molar-refractivity contribution >= 4 is 0 Å². The van der Waals surface area contributed by atoms with E-state index in [-0.39, 0.29) is 6.54 Å². The van der Waals surface area contributed by atoms with Crippen LogP contribution < -0.4 is 0 Å². The molecule has 1 aliphatic rings. The molecule has 0 unspecified atom stereocenters. The molecule has 1 nitrogen and oxygen atoms in total. The van der Waals surface area contributed by atoms with Gasteiger partial charge in [0, 0.05) is 12.5 Å². The third-order valence-electron chi connectivity index (χ3n) is 2.66. The van der Waals surface area contributed by atoms with E-state index in [1.807, 2.05) is 4.90 Å². The first-order chi connectivity index (χ1) is 5.92. The van der Waals surface area contributed by atoms with Crippen molar-refractivity contribution in [1.82, 2.24) is 4.90 Å². The van der Waals surface area contributed by atoms with E-state index >= 15 is 0 Å². The highest BCUT2D eigenvalue weighted by Crippen LogP contribution is 2.32. The molecule has 0 amide bonds. The second-order valence-electron chi connectivity index (χ2n) is 4.58. The number of likely N-dealkylation sites (tertiary alicyclic amines) is 1. The molecular formula is C10H19F2N. The zero-order chi connectivity index (χ0) is 10.1. The largest absolute Gasteiger partial charge is 0.297 e. The summed E-state index contributed by atoms with van der Waals surface area (Å²) < 4.78 is 26.5. The van der Waals surface area contributed by atoms with E-state index in [1.54, 1.807) is 6.92 Å². The van der Waals surface area contributed by atoms with Crippen molar-refractivity contribution in [1.29, 1.82) is 0 Å². The summed E-state index contributed by atoms with van der Waals surface area (Å²) in [4.78, 5) is 1.88. The van der Waals surface area contributed by atoms with Crippen LogP contribution >= 0.6 is 0 Å². The maximum absolute atomic E-state index is 13.3. The van der Waals surface area contributed by atoms with E-state index in [9.17, 15) is 8.78 Å². The van der Waals surface area contributed by atoms with Crippen LogP contribution in [-0.2, 0) is 0 Å². The molecule has 0 N–H and O–H groups in total. The Kier molecular flexibility index (Phi) is 3.28. The second kappa shape index (κ2) is 3.91. The Hall–Kier alpha value is -0.180. The Morgan fingerprint density at radius 3 is 2.54 bits per heavy atom. The summed E-state index contributed by atoms with van der Waals surface area (Å²) in [6.07, 6.45) is 0.625. The number of rotatable bonds is 2. The van der Waals surface area contributed by atoms with Crippen LogP contribution in [0.1, 0.15) is 27.2 Å². The number of alkyl halides is 2. The van der Waals surface area contributed by atoms with Crippen LogP contribution in [0.5, 0.6) is 0 Å². The molecule has 1 aliphatic heterocycles. The van der Waals surface area contributed by atoms with Crippen LogP contribution in [0.15, 0.2) is 0 Å². The lowest BCUT2D eigenvalue weighted by atomic mass is 9.94. The van der Waals surface area contributed by atoms with E-state index in [0.29, 0.717) is 12.3 Å². The van der Waals surface area contributed by atoms with Crippen molar-refractivity contribution in [3.05, 3.63) is 0 Å². The monoisotopic (exact) mass is 191 g/mol. The zero-order valence-corrected chi connectivity index (χ0v) is 8.69. The quantitative estimate of drug-likeness (QED) is 0.648. The molecule has 1 atom stereocenters. The highest BCUT2D eigenvalue weighted by atomic mass is 19.3. The molecule has 0 aromatic heterocycles. The number of piperidine rings is 1. The van der Waals surface area contributed by atoms with Crippen LogP contribution in [0.3, 0.4) is 0 Å². The van der Waals surface area contributed by atoms with Gasteiger partial charge in [-0.05, 0) is 18.9 Å². The molecule has 1 saturated heterocycles. The maximum atomic E-state index is 13.3. The summed E-state index contributed by atoms with van der Waals surface area (Å²) >= 11 is 0. The normalized spacial score (nSPS) is 29.5. The van der Waals surface area contributed by atoms with Gasteiger partial charge < -0.3 is 0 Å². The van der Waals surface area contributed by atoms with Crippen LogP contribution in [0.25, 0.3) is 0 Å². The van der Waals surface area contributed by atoms with Gasteiger partial charge in [-0.1, -0.05) is 20.8 Å². The minimum Gasteiger partial charge on any atom is -0.297 e. The van der Waals surface area contributed by atoms with Crippen molar-refractivity contribution in [2.75, 3.05) is 19.6 Å². The highest BCUT2D eigenvalue weighted by Gasteiger charge is 2.41. The Bertz CT molecular complexity index is 168. The van der Waals surface area contributed by atoms with Gasteiger partial charge in [-0.25, -0.2) is 8.78 Å². The molecule has 0 saturated carbocycles. The molecule has 0 bridgehead atoms. The average Bonchev–Trinajstić information content (AvgIpc) is 1.95. The molecule has 1 fully saturated rings. The summed E-state index contributed by atoms with van der Waals surface area (Å²) in [5, 5.41) is 0. The lowest BCUT2D eigenvalue weighted by molar-refractivity contribution is -0.106. The summed E-state index contributed by atoms with van der Waals surface area (Å²) in [6, 6.07) is 0. The van der Waals surface area contributed by atoms with Gasteiger partial charge in [-0.3, -0.25) is 4.90 Å². The molecule has 0 aromatic rings. The van der Waals surface area contributed by atoms with E-state index in [4.69, 9.17) is 0 Å². The molecule has 78 valence electrons. The number of hydrogen-bond donors (Lipinski definition) is 0. The summed E-state index contributed by atoms with van der Waals surface area (Å²) in [7, 11) is 0. The first-order valence-electron chi connectivity index (χ1n) is 5.02. The minimum absolute atomic E-state index is 0.0493. The number of halogens is 2. The second-order valence-corrected chi connectivity index (χ2v) is 4.58. The van der Waals surface area contributed by atoms with E-state index in [2.05, 4.69) is 13.8 Å². The third kappa shape index (κ3) is 2.90. The van der Waals surface area contributed by atoms with Gasteiger partial charge in [0.2, 0.25) is 0 Å². The van der Waals surface area contributed by atoms with Crippen molar-refractivity contribution in [2.45, 2.75) is 33.1 Å². The molecule has 1 rings (SSSR count). The smallest absolute Gasteiger partial charge is 0.263 e. The van der Waals surface area contributed by atoms with Crippen LogP contribution in [-0.4, -0.2) is 30.5 Å². The van der Waals surface area contributed by atoms with E-state index < -0.39 is 11.8 Å². The predicted molar refractivity (Wildman–Crippen MR) is 50.0 cm³/mol. The minimum atomic E-state index is -2.48. The Balaban J connectivity index is 2.46. The van der Waals surface area contributed by atoms with Gasteiger partial charge >= 0.3 is 0 Å². The van der Waals surface area contributed by atoms with Crippen molar-refractivity contribution in [3.8, 4) is 0 Å². The van der Waals surface area contributed by atoms with Crippen LogP contribution in [0, 0.1) is 11.8 Å². The fraction of sp³-hybridized carbons (Fsp3) is 1.00. The molecule has 0 aromatic carbocycles. The molecule has 1 heterocycles. The average molecular weight is 191 g/mol. The Morgan fingerprint density at radius 2 is 2.08 bits per heavy atom. The third-order valence-corrected chi connectivity index (χ3v) is 2.66. The molecule has 0 spiro atoms. The van der Waals surface area contributed by atoms with Gasteiger partial charge in [0.15, 0.2) is 0 Å². The Morgan fingerprint density at radius 1 is 1.46 bits per heavy atom. The van der Waals surface area contributed by atoms with Crippen LogP contribution in [0.2, 0.25) is 0 Å². The summed E-state index contributed by atoms with van der Waals surface area (Å²) in [5.74, 6) is -2.45. The molecular weight excluding hydrogens is 172 g/mol. The number of hydrogen-bond acceptors (Lipinski definition) is 1. The molecule has 13 heavy (non-hydrogen) atoms. The van der Waals surface area contributed by atoms with E-state index in [0.717, 1.165) is 13.1 Å². The van der Waals surface area contributed by atoms with Gasteiger partial charge in [0.25, 0.3) is 5.92 Å². The highest BCUT2D eigenvalue weighted by molar-refractivity contribution is 4.84. The van der Waals surface area contributed by atoms with Gasteiger partial charge in [0.1, 0.15) is 0 Å². The molecule has 0 radical (unpaired) electrons. The van der Waals surface area contributed by atoms with Crippen LogP contribution in [0.4, 0.5) is 8.78 Å². The van der Waals surface area contributed by atoms with Crippen molar-refractivity contribution < 1.29 is 8.78 Å². The molecule has 0 aliphatic carbocycles. The predicted octanol–water partition coefficient (Wildman–Crippen LogP) is 2.62. The first-order valence-corrected chi connectivity index (χ1v) is 5.02. The number of nitrogens with zero attached hydrogens (tertiary/aromatic N) is 1. The van der Waals surface area contributed by atoms with Gasteiger partial charge in [-0.15, -0.1) is 0 Å². The van der Waals surface area contributed by atoms with Crippen molar-refractivity contribution in [2.24, 2.45) is 11.8 Å². The topological polar surface area (TPSA) is 3.24 Å². The SMILES string of the molecule is CC(C)CN1CC[C@@H](C)C(F)(F)C1. The van der Waals surface area contributed by atoms with Crippen molar-refractivity contribution in [3.63, 3.8) is 0 Å². The van der Waals surface area contributed by atoms with Gasteiger partial charge in [0.05, 0.1) is 6.54 Å². The van der Waals surface area contributed by atoms with Gasteiger partial charge in [-0.2, -0.15) is 0 Å². The zero-order valence-electron chi connectivity index (χ0n) is 8.69. The van der Waals surface area contributed by atoms with E-state index in [1.165, 1.54) is 0 Å².